The number of anilines is 1. The van der Waals surface area contributed by atoms with Gasteiger partial charge in [0.1, 0.15) is 18.4 Å². The molecule has 0 saturated carbocycles. The number of carbonyl (C=O) groups excluding carboxylic acids is 2. The molecule has 7 nitrogen and oxygen atoms in total. The van der Waals surface area contributed by atoms with Gasteiger partial charge in [-0.15, -0.1) is 0 Å². The van der Waals surface area contributed by atoms with E-state index < -0.39 is 34.3 Å². The van der Waals surface area contributed by atoms with E-state index in [-0.39, 0.29) is 23.4 Å². The van der Waals surface area contributed by atoms with Crippen LogP contribution in [0.25, 0.3) is 0 Å². The predicted molar refractivity (Wildman–Crippen MR) is 151 cm³/mol. The highest BCUT2D eigenvalue weighted by Crippen LogP contribution is 2.28. The molecular formula is C30H36FN3O4S. The van der Waals surface area contributed by atoms with E-state index in [1.807, 2.05) is 26.8 Å². The second-order valence-electron chi connectivity index (χ2n) is 9.85. The van der Waals surface area contributed by atoms with Gasteiger partial charge in [-0.1, -0.05) is 55.0 Å². The molecule has 1 N–H and O–H groups in total. The maximum Gasteiger partial charge on any atom is 0.264 e. The van der Waals surface area contributed by atoms with Crippen LogP contribution in [0, 0.1) is 19.7 Å². The largest absolute Gasteiger partial charge is 0.352 e. The van der Waals surface area contributed by atoms with Crippen LogP contribution in [0.3, 0.4) is 0 Å². The van der Waals surface area contributed by atoms with Crippen LogP contribution in [-0.2, 0) is 26.2 Å². The highest BCUT2D eigenvalue weighted by atomic mass is 32.2. The number of amides is 2. The van der Waals surface area contributed by atoms with Gasteiger partial charge in [-0.3, -0.25) is 13.9 Å². The Labute approximate surface area is 230 Å². The van der Waals surface area contributed by atoms with Crippen LogP contribution in [0.5, 0.6) is 0 Å². The fourth-order valence-corrected chi connectivity index (χ4v) is 5.90. The lowest BCUT2D eigenvalue weighted by molar-refractivity contribution is -0.140. The van der Waals surface area contributed by atoms with E-state index >= 15 is 0 Å². The van der Waals surface area contributed by atoms with E-state index in [0.29, 0.717) is 23.2 Å². The molecule has 0 unspecified atom stereocenters. The summed E-state index contributed by atoms with van der Waals surface area (Å²) in [6, 6.07) is 17.9. The van der Waals surface area contributed by atoms with E-state index in [2.05, 4.69) is 5.32 Å². The first kappa shape index (κ1) is 29.8. The number of nitrogens with one attached hydrogen (secondary N) is 1. The SMILES string of the molecule is CC[C@H](C(=O)NC(C)C)N(Cc1ccc(F)cc1)C(=O)CN(c1ccc(C)cc1C)S(=O)(=O)c1ccccc1. The van der Waals surface area contributed by atoms with Gasteiger partial charge in [-0.2, -0.15) is 0 Å². The lowest BCUT2D eigenvalue weighted by Crippen LogP contribution is -2.53. The molecule has 2 amide bonds. The molecule has 0 aliphatic carbocycles. The fourth-order valence-electron chi connectivity index (χ4n) is 4.40. The summed E-state index contributed by atoms with van der Waals surface area (Å²) in [5, 5.41) is 2.86. The number of hydrogen-bond acceptors (Lipinski definition) is 4. The van der Waals surface area contributed by atoms with Crippen molar-refractivity contribution in [3.8, 4) is 0 Å². The molecule has 9 heteroatoms. The molecule has 39 heavy (non-hydrogen) atoms. The zero-order valence-corrected chi connectivity index (χ0v) is 23.8. The van der Waals surface area contributed by atoms with Crippen LogP contribution in [-0.4, -0.2) is 43.8 Å². The zero-order valence-electron chi connectivity index (χ0n) is 23.0. The fraction of sp³-hybridized carbons (Fsp3) is 0.333. The highest BCUT2D eigenvalue weighted by molar-refractivity contribution is 7.92. The number of benzene rings is 3. The normalized spacial score (nSPS) is 12.2. The maximum absolute atomic E-state index is 14.0. The number of rotatable bonds is 11. The lowest BCUT2D eigenvalue weighted by atomic mass is 10.1. The van der Waals surface area contributed by atoms with Crippen molar-refractivity contribution in [3.63, 3.8) is 0 Å². The van der Waals surface area contributed by atoms with Crippen LogP contribution in [0.4, 0.5) is 10.1 Å². The Kier molecular flexibility index (Phi) is 9.86. The summed E-state index contributed by atoms with van der Waals surface area (Å²) in [6.07, 6.45) is 0.306. The Bertz CT molecular complexity index is 1390. The number of carbonyl (C=O) groups is 2. The molecule has 0 aliphatic heterocycles. The summed E-state index contributed by atoms with van der Waals surface area (Å²) in [7, 11) is -4.13. The minimum Gasteiger partial charge on any atom is -0.352 e. The van der Waals surface area contributed by atoms with Crippen LogP contribution >= 0.6 is 0 Å². The molecule has 3 rings (SSSR count). The second kappa shape index (κ2) is 12.9. The third-order valence-electron chi connectivity index (χ3n) is 6.31. The standard InChI is InChI=1S/C30H36FN3O4S/c1-6-27(30(36)32-21(2)3)33(19-24-13-15-25(31)16-14-24)29(35)20-34(28-17-12-22(4)18-23(28)5)39(37,38)26-10-8-7-9-11-26/h7-18,21,27H,6,19-20H2,1-5H3,(H,32,36)/t27-/m1/s1. The van der Waals surface area contributed by atoms with Gasteiger partial charge in [-0.25, -0.2) is 12.8 Å². The van der Waals surface area contributed by atoms with Gasteiger partial charge in [0.2, 0.25) is 11.8 Å². The Hall–Kier alpha value is -3.72. The van der Waals surface area contributed by atoms with E-state index in [4.69, 9.17) is 0 Å². The van der Waals surface area contributed by atoms with Crippen molar-refractivity contribution in [2.75, 3.05) is 10.8 Å². The first-order valence-corrected chi connectivity index (χ1v) is 14.4. The minimum atomic E-state index is -4.13. The number of hydrogen-bond donors (Lipinski definition) is 1. The Morgan fingerprint density at radius 3 is 2.15 bits per heavy atom. The smallest absolute Gasteiger partial charge is 0.264 e. The summed E-state index contributed by atoms with van der Waals surface area (Å²) in [6.45, 7) is 8.63. The van der Waals surface area contributed by atoms with E-state index in [1.54, 1.807) is 56.3 Å². The van der Waals surface area contributed by atoms with Crippen LogP contribution in [0.15, 0.2) is 77.7 Å². The summed E-state index contributed by atoms with van der Waals surface area (Å²) in [5.74, 6) is -1.31. The van der Waals surface area contributed by atoms with Gasteiger partial charge in [0.15, 0.2) is 0 Å². The van der Waals surface area contributed by atoms with E-state index in [9.17, 15) is 22.4 Å². The topological polar surface area (TPSA) is 86.8 Å². The molecule has 0 spiro atoms. The van der Waals surface area contributed by atoms with Crippen molar-refractivity contribution in [1.82, 2.24) is 10.2 Å². The first-order chi connectivity index (χ1) is 18.4. The van der Waals surface area contributed by atoms with Crippen molar-refractivity contribution in [2.45, 2.75) is 64.6 Å². The average molecular weight is 554 g/mol. The minimum absolute atomic E-state index is 0.00917. The molecule has 0 heterocycles. The van der Waals surface area contributed by atoms with E-state index in [0.717, 1.165) is 9.87 Å². The predicted octanol–water partition coefficient (Wildman–Crippen LogP) is 4.97. The number of aryl methyl sites for hydroxylation is 2. The molecule has 0 bridgehead atoms. The quantitative estimate of drug-likeness (QED) is 0.363. The Morgan fingerprint density at radius 1 is 0.949 bits per heavy atom. The molecule has 0 aromatic heterocycles. The molecule has 3 aromatic rings. The first-order valence-electron chi connectivity index (χ1n) is 12.9. The van der Waals surface area contributed by atoms with Crippen LogP contribution in [0.2, 0.25) is 0 Å². The molecule has 208 valence electrons. The summed E-state index contributed by atoms with van der Waals surface area (Å²) in [5.41, 5.74) is 2.63. The van der Waals surface area contributed by atoms with Crippen LogP contribution in [0.1, 0.15) is 43.9 Å². The maximum atomic E-state index is 14.0. The van der Waals surface area contributed by atoms with Crippen LogP contribution < -0.4 is 9.62 Å². The van der Waals surface area contributed by atoms with Gasteiger partial charge < -0.3 is 10.2 Å². The van der Waals surface area contributed by atoms with E-state index in [1.165, 1.54) is 29.2 Å². The molecule has 0 saturated heterocycles. The Morgan fingerprint density at radius 2 is 1.59 bits per heavy atom. The molecule has 0 aliphatic rings. The van der Waals surface area contributed by atoms with Crippen molar-refractivity contribution < 1.29 is 22.4 Å². The summed E-state index contributed by atoms with van der Waals surface area (Å²) < 4.78 is 42.4. The van der Waals surface area contributed by atoms with Gasteiger partial charge >= 0.3 is 0 Å². The molecule has 0 fully saturated rings. The van der Waals surface area contributed by atoms with Crippen molar-refractivity contribution in [1.29, 1.82) is 0 Å². The number of nitrogens with zero attached hydrogens (tertiary/aromatic N) is 2. The van der Waals surface area contributed by atoms with Gasteiger partial charge in [0.05, 0.1) is 10.6 Å². The summed E-state index contributed by atoms with van der Waals surface area (Å²) >= 11 is 0. The molecule has 1 atom stereocenters. The van der Waals surface area contributed by atoms with Gasteiger partial charge in [-0.05, 0) is 75.6 Å². The molecule has 0 radical (unpaired) electrons. The average Bonchev–Trinajstić information content (AvgIpc) is 2.88. The third kappa shape index (κ3) is 7.44. The van der Waals surface area contributed by atoms with Crippen molar-refractivity contribution >= 4 is 27.5 Å². The molecule has 3 aromatic carbocycles. The van der Waals surface area contributed by atoms with Crippen molar-refractivity contribution in [3.05, 3.63) is 95.3 Å². The third-order valence-corrected chi connectivity index (χ3v) is 8.09. The number of sulfonamides is 1. The zero-order chi connectivity index (χ0) is 28.7. The second-order valence-corrected chi connectivity index (χ2v) is 11.7. The summed E-state index contributed by atoms with van der Waals surface area (Å²) in [4.78, 5) is 28.6. The monoisotopic (exact) mass is 553 g/mol. The Balaban J connectivity index is 2.08. The molecular weight excluding hydrogens is 517 g/mol. The van der Waals surface area contributed by atoms with Gasteiger partial charge in [0, 0.05) is 12.6 Å². The lowest BCUT2D eigenvalue weighted by Gasteiger charge is -2.34. The van der Waals surface area contributed by atoms with Crippen molar-refractivity contribution in [2.24, 2.45) is 0 Å². The number of halogens is 1. The highest BCUT2D eigenvalue weighted by Gasteiger charge is 2.34. The van der Waals surface area contributed by atoms with Gasteiger partial charge in [0.25, 0.3) is 10.0 Å².